The Kier molecular flexibility index (Phi) is 69.9. The number of phosphoric acid groups is 2. The lowest BCUT2D eigenvalue weighted by molar-refractivity contribution is -0.161. The summed E-state index contributed by atoms with van der Waals surface area (Å²) < 4.78 is 68.6. The summed E-state index contributed by atoms with van der Waals surface area (Å²) in [6, 6.07) is 0. The summed E-state index contributed by atoms with van der Waals surface area (Å²) in [5, 5.41) is 10.6. The predicted octanol–water partition coefficient (Wildman–Crippen LogP) is 24.1. The van der Waals surface area contributed by atoms with Gasteiger partial charge in [-0.05, 0) is 43.4 Å². The summed E-state index contributed by atoms with van der Waals surface area (Å²) in [4.78, 5) is 72.8. The summed E-state index contributed by atoms with van der Waals surface area (Å²) in [7, 11) is -9.91. The Morgan fingerprint density at radius 1 is 0.270 bits per heavy atom. The minimum Gasteiger partial charge on any atom is -0.462 e. The standard InChI is InChI=1S/C81H158O17P2/c1-8-9-10-11-38-48-55-62-78(83)91-68-76(97-81(86)65-58-51-44-37-31-30-34-41-47-54-61-74(6)7)70-95-99(87,88)93-66-75(82)67-94-100(89,90)96-71-77(69-92-79(84)63-56-49-42-35-28-24-20-17-16-19-23-27-33-40-46-53-60-73(4)5)98-80(85)64-57-50-43-36-29-25-21-15-13-12-14-18-22-26-32-39-45-52-59-72(2)3/h72-77,82H,8-71H2,1-7H3,(H,87,88)(H,89,90)/t75-,76+,77+/m0/s1. The van der Waals surface area contributed by atoms with Gasteiger partial charge >= 0.3 is 39.5 Å². The number of ether oxygens (including phenoxy) is 4. The zero-order valence-electron chi connectivity index (χ0n) is 65.7. The molecule has 0 rings (SSSR count). The summed E-state index contributed by atoms with van der Waals surface area (Å²) in [5.74, 6) is 0.269. The Bertz CT molecular complexity index is 1940. The normalized spacial score (nSPS) is 14.0. The van der Waals surface area contributed by atoms with E-state index in [-0.39, 0.29) is 25.7 Å². The van der Waals surface area contributed by atoms with Crippen molar-refractivity contribution in [3.63, 3.8) is 0 Å². The van der Waals surface area contributed by atoms with Gasteiger partial charge in [-0.3, -0.25) is 37.3 Å². The summed E-state index contributed by atoms with van der Waals surface area (Å²) >= 11 is 0. The average Bonchev–Trinajstić information content (AvgIpc) is 0.926. The van der Waals surface area contributed by atoms with Gasteiger partial charge in [0.05, 0.1) is 26.4 Å². The second-order valence-electron chi connectivity index (χ2n) is 30.6. The SMILES string of the molecule is CCCCCCCCCC(=O)OC[C@H](COP(=O)(O)OC[C@H](O)COP(=O)(O)OC[C@@H](COC(=O)CCCCCCCCCCCCCCCCCCC(C)C)OC(=O)CCCCCCCCCCCCCCCCCCCCC(C)C)OC(=O)CCCCCCCCCCCCC(C)C. The number of phosphoric ester groups is 2. The van der Waals surface area contributed by atoms with Crippen molar-refractivity contribution in [2.75, 3.05) is 39.6 Å². The average molecular weight is 1470 g/mol. The molecule has 0 amide bonds. The van der Waals surface area contributed by atoms with Crippen LogP contribution in [-0.2, 0) is 65.4 Å². The molecule has 0 aromatic heterocycles. The van der Waals surface area contributed by atoms with Gasteiger partial charge in [0.1, 0.15) is 19.3 Å². The van der Waals surface area contributed by atoms with Crippen molar-refractivity contribution in [1.29, 1.82) is 0 Å². The van der Waals surface area contributed by atoms with Gasteiger partial charge in [-0.1, -0.05) is 370 Å². The van der Waals surface area contributed by atoms with Crippen LogP contribution in [0.25, 0.3) is 0 Å². The van der Waals surface area contributed by atoms with Crippen LogP contribution in [0.1, 0.15) is 421 Å². The number of aliphatic hydroxyl groups is 1. The van der Waals surface area contributed by atoms with Crippen molar-refractivity contribution in [2.24, 2.45) is 17.8 Å². The molecule has 0 saturated carbocycles. The molecule has 0 aromatic rings. The minimum absolute atomic E-state index is 0.106. The fourth-order valence-electron chi connectivity index (χ4n) is 12.5. The molecule has 0 aliphatic heterocycles. The largest absolute Gasteiger partial charge is 0.472 e. The maximum Gasteiger partial charge on any atom is 0.472 e. The molecule has 3 N–H and O–H groups in total. The monoisotopic (exact) mass is 1470 g/mol. The highest BCUT2D eigenvalue weighted by Crippen LogP contribution is 2.45. The van der Waals surface area contributed by atoms with E-state index < -0.39 is 97.5 Å². The zero-order chi connectivity index (χ0) is 73.7. The molecule has 0 bridgehead atoms. The zero-order valence-corrected chi connectivity index (χ0v) is 67.5. The molecule has 0 radical (unpaired) electrons. The Balaban J connectivity index is 5.17. The first-order valence-corrected chi connectivity index (χ1v) is 44.8. The Morgan fingerprint density at radius 2 is 0.460 bits per heavy atom. The number of aliphatic hydroxyl groups excluding tert-OH is 1. The van der Waals surface area contributed by atoms with E-state index in [4.69, 9.17) is 37.0 Å². The smallest absolute Gasteiger partial charge is 0.462 e. The molecule has 2 unspecified atom stereocenters. The van der Waals surface area contributed by atoms with Crippen molar-refractivity contribution in [1.82, 2.24) is 0 Å². The second-order valence-corrected chi connectivity index (χ2v) is 33.5. The molecular weight excluding hydrogens is 1310 g/mol. The number of rotatable bonds is 79. The third-order valence-electron chi connectivity index (χ3n) is 18.9. The lowest BCUT2D eigenvalue weighted by Gasteiger charge is -2.21. The number of esters is 4. The maximum absolute atomic E-state index is 13.1. The number of hydrogen-bond donors (Lipinski definition) is 3. The van der Waals surface area contributed by atoms with E-state index >= 15 is 0 Å². The Morgan fingerprint density at radius 3 is 0.680 bits per heavy atom. The van der Waals surface area contributed by atoms with Crippen molar-refractivity contribution >= 4 is 39.5 Å². The van der Waals surface area contributed by atoms with E-state index in [0.717, 1.165) is 120 Å². The highest BCUT2D eigenvalue weighted by Gasteiger charge is 2.30. The lowest BCUT2D eigenvalue weighted by Crippen LogP contribution is -2.30. The maximum atomic E-state index is 13.1. The molecule has 0 saturated heterocycles. The minimum atomic E-state index is -4.96. The molecule has 5 atom stereocenters. The first-order valence-electron chi connectivity index (χ1n) is 41.8. The van der Waals surface area contributed by atoms with Crippen molar-refractivity contribution in [3.05, 3.63) is 0 Å². The first-order chi connectivity index (χ1) is 48.2. The van der Waals surface area contributed by atoms with Gasteiger partial charge in [-0.15, -0.1) is 0 Å². The predicted molar refractivity (Wildman–Crippen MR) is 409 cm³/mol. The summed E-state index contributed by atoms with van der Waals surface area (Å²) in [5.41, 5.74) is 0. The van der Waals surface area contributed by atoms with Crippen LogP contribution in [-0.4, -0.2) is 96.7 Å². The third-order valence-corrected chi connectivity index (χ3v) is 20.8. The molecule has 19 heteroatoms. The Hall–Kier alpha value is -1.94. The van der Waals surface area contributed by atoms with Crippen molar-refractivity contribution < 1.29 is 80.2 Å². The van der Waals surface area contributed by atoms with Gasteiger partial charge in [-0.2, -0.15) is 0 Å². The van der Waals surface area contributed by atoms with Gasteiger partial charge in [0.25, 0.3) is 0 Å². The second kappa shape index (κ2) is 71.3. The van der Waals surface area contributed by atoms with E-state index in [1.54, 1.807) is 0 Å². The van der Waals surface area contributed by atoms with Crippen LogP contribution in [0.15, 0.2) is 0 Å². The van der Waals surface area contributed by atoms with Crippen LogP contribution >= 0.6 is 15.6 Å². The summed E-state index contributed by atoms with van der Waals surface area (Å²) in [6.45, 7) is 11.9. The molecule has 0 aliphatic rings. The third kappa shape index (κ3) is 74.3. The van der Waals surface area contributed by atoms with Gasteiger partial charge < -0.3 is 33.8 Å². The molecule has 0 spiro atoms. The van der Waals surface area contributed by atoms with Crippen LogP contribution in [0.3, 0.4) is 0 Å². The van der Waals surface area contributed by atoms with Crippen molar-refractivity contribution in [2.45, 2.75) is 439 Å². The molecular formula is C81H158O17P2. The molecule has 0 fully saturated rings. The highest BCUT2D eigenvalue weighted by atomic mass is 31.2. The van der Waals surface area contributed by atoms with Crippen LogP contribution in [0.5, 0.6) is 0 Å². The van der Waals surface area contributed by atoms with Crippen LogP contribution in [0.4, 0.5) is 0 Å². The van der Waals surface area contributed by atoms with E-state index in [1.807, 2.05) is 0 Å². The van der Waals surface area contributed by atoms with E-state index in [0.29, 0.717) is 25.7 Å². The van der Waals surface area contributed by atoms with Crippen LogP contribution < -0.4 is 0 Å². The lowest BCUT2D eigenvalue weighted by atomic mass is 10.0. The fourth-order valence-corrected chi connectivity index (χ4v) is 14.1. The molecule has 17 nitrogen and oxygen atoms in total. The quantitative estimate of drug-likeness (QED) is 0.0222. The number of hydrogen-bond acceptors (Lipinski definition) is 15. The molecule has 100 heavy (non-hydrogen) atoms. The molecule has 0 aliphatic carbocycles. The molecule has 0 heterocycles. The molecule has 0 aromatic carbocycles. The topological polar surface area (TPSA) is 237 Å². The van der Waals surface area contributed by atoms with E-state index in [2.05, 4.69) is 48.5 Å². The fraction of sp³-hybridized carbons (Fsp3) is 0.951. The van der Waals surface area contributed by atoms with Crippen LogP contribution in [0.2, 0.25) is 0 Å². The first kappa shape index (κ1) is 98.1. The van der Waals surface area contributed by atoms with Crippen molar-refractivity contribution in [3.8, 4) is 0 Å². The number of unbranched alkanes of at least 4 members (excludes halogenated alkanes) is 47. The highest BCUT2D eigenvalue weighted by molar-refractivity contribution is 7.47. The Labute approximate surface area is 613 Å². The summed E-state index contributed by atoms with van der Waals surface area (Å²) in [6.07, 6.45) is 59.9. The van der Waals surface area contributed by atoms with E-state index in [9.17, 15) is 43.2 Å². The van der Waals surface area contributed by atoms with E-state index in [1.165, 1.54) is 218 Å². The van der Waals surface area contributed by atoms with Gasteiger partial charge in [-0.25, -0.2) is 9.13 Å². The molecule has 594 valence electrons. The van der Waals surface area contributed by atoms with Gasteiger partial charge in [0.2, 0.25) is 0 Å². The van der Waals surface area contributed by atoms with Gasteiger partial charge in [0, 0.05) is 25.7 Å². The van der Waals surface area contributed by atoms with Gasteiger partial charge in [0.15, 0.2) is 12.2 Å². The number of carbonyl (C=O) groups is 4. The van der Waals surface area contributed by atoms with Crippen LogP contribution in [0, 0.1) is 17.8 Å². The number of carbonyl (C=O) groups excluding carboxylic acids is 4.